The molecule has 0 aliphatic rings. The number of H-pyrrole nitrogens is 2. The Balaban J connectivity index is 1.59. The average Bonchev–Trinajstić information content (AvgIpc) is 2.73. The zero-order chi connectivity index (χ0) is 21.1. The molecule has 2 aromatic carbocycles. The normalized spacial score (nSPS) is 10.6. The maximum atomic E-state index is 12.6. The molecule has 1 amide bonds. The van der Waals surface area contributed by atoms with Gasteiger partial charge in [0.25, 0.3) is 17.0 Å². The van der Waals surface area contributed by atoms with Gasteiger partial charge < -0.3 is 15.3 Å². The van der Waals surface area contributed by atoms with Gasteiger partial charge in [-0.15, -0.1) is 0 Å². The molecule has 30 heavy (non-hydrogen) atoms. The first-order valence-electron chi connectivity index (χ1n) is 9.28. The minimum absolute atomic E-state index is 0.00201. The third-order valence-electron chi connectivity index (χ3n) is 4.50. The number of nitrogens with one attached hydrogen (secondary N) is 3. The van der Waals surface area contributed by atoms with E-state index in [9.17, 15) is 14.4 Å². The highest BCUT2D eigenvalue weighted by atomic mass is 16.2. The molecule has 3 N–H and O–H groups in total. The van der Waals surface area contributed by atoms with Gasteiger partial charge in [-0.2, -0.15) is 0 Å². The summed E-state index contributed by atoms with van der Waals surface area (Å²) in [7, 11) is 0. The quantitative estimate of drug-likeness (QED) is 0.490. The molecule has 148 valence electrons. The first-order valence-corrected chi connectivity index (χ1v) is 9.28. The van der Waals surface area contributed by atoms with Gasteiger partial charge in [0.05, 0.1) is 0 Å². The van der Waals surface area contributed by atoms with Crippen molar-refractivity contribution in [1.29, 1.82) is 0 Å². The molecule has 0 saturated carbocycles. The highest BCUT2D eigenvalue weighted by molar-refractivity contribution is 6.04. The summed E-state index contributed by atoms with van der Waals surface area (Å²) < 4.78 is 0. The molecule has 2 heterocycles. The molecule has 0 saturated heterocycles. The summed E-state index contributed by atoms with van der Waals surface area (Å²) >= 11 is 0. The molecule has 0 spiro atoms. The van der Waals surface area contributed by atoms with Crippen molar-refractivity contribution in [2.24, 2.45) is 0 Å². The summed E-state index contributed by atoms with van der Waals surface area (Å²) in [4.78, 5) is 46.5. The molecule has 0 bridgehead atoms. The number of benzene rings is 2. The number of aromatic nitrogens is 3. The number of amides is 1. The van der Waals surface area contributed by atoms with E-state index in [1.54, 1.807) is 37.3 Å². The maximum Gasteiger partial charge on any atom is 0.261 e. The molecule has 2 aromatic heterocycles. The SMILES string of the molecule is Cc1cc(=O)[nH]c(-c2cccc(NC(=O)c3ccc(-c4ccccc4)[nH]c3=O)c2)n1. The largest absolute Gasteiger partial charge is 0.322 e. The first kappa shape index (κ1) is 19.1. The van der Waals surface area contributed by atoms with E-state index in [4.69, 9.17) is 0 Å². The van der Waals surface area contributed by atoms with Crippen molar-refractivity contribution >= 4 is 11.6 Å². The highest BCUT2D eigenvalue weighted by Crippen LogP contribution is 2.20. The number of hydrogen-bond donors (Lipinski definition) is 3. The van der Waals surface area contributed by atoms with Crippen molar-refractivity contribution in [3.63, 3.8) is 0 Å². The first-order chi connectivity index (χ1) is 14.5. The smallest absolute Gasteiger partial charge is 0.261 e. The molecule has 4 aromatic rings. The summed E-state index contributed by atoms with van der Waals surface area (Å²) in [5.74, 6) is -0.125. The molecule has 0 radical (unpaired) electrons. The Morgan fingerprint density at radius 1 is 0.867 bits per heavy atom. The average molecular weight is 398 g/mol. The van der Waals surface area contributed by atoms with Crippen molar-refractivity contribution < 1.29 is 4.79 Å². The number of carbonyl (C=O) groups excluding carboxylic acids is 1. The molecule has 4 rings (SSSR count). The number of aryl methyl sites for hydroxylation is 1. The van der Waals surface area contributed by atoms with Crippen molar-refractivity contribution in [2.45, 2.75) is 6.92 Å². The fourth-order valence-corrected chi connectivity index (χ4v) is 3.10. The van der Waals surface area contributed by atoms with E-state index in [0.29, 0.717) is 28.5 Å². The fraction of sp³-hybridized carbons (Fsp3) is 0.0435. The van der Waals surface area contributed by atoms with Crippen LogP contribution in [-0.2, 0) is 0 Å². The maximum absolute atomic E-state index is 12.6. The topological polar surface area (TPSA) is 108 Å². The summed E-state index contributed by atoms with van der Waals surface area (Å²) in [5.41, 5.74) is 2.47. The lowest BCUT2D eigenvalue weighted by Crippen LogP contribution is -2.23. The van der Waals surface area contributed by atoms with Crippen LogP contribution in [0.3, 0.4) is 0 Å². The Kier molecular flexibility index (Phi) is 5.09. The van der Waals surface area contributed by atoms with Gasteiger partial charge in [0.2, 0.25) is 0 Å². The van der Waals surface area contributed by atoms with E-state index in [1.165, 1.54) is 12.1 Å². The van der Waals surface area contributed by atoms with E-state index in [1.807, 2.05) is 30.3 Å². The number of pyridine rings is 1. The summed E-state index contributed by atoms with van der Waals surface area (Å²) in [6, 6.07) is 20.9. The van der Waals surface area contributed by atoms with E-state index in [-0.39, 0.29) is 11.1 Å². The van der Waals surface area contributed by atoms with Crippen molar-refractivity contribution in [2.75, 3.05) is 5.32 Å². The van der Waals surface area contributed by atoms with E-state index in [2.05, 4.69) is 20.3 Å². The Hall–Kier alpha value is -4.26. The van der Waals surface area contributed by atoms with E-state index >= 15 is 0 Å². The van der Waals surface area contributed by atoms with Gasteiger partial charge in [-0.1, -0.05) is 42.5 Å². The van der Waals surface area contributed by atoms with Gasteiger partial charge in [0.15, 0.2) is 0 Å². The van der Waals surface area contributed by atoms with Crippen LogP contribution in [0, 0.1) is 6.92 Å². The number of rotatable bonds is 4. The minimum atomic E-state index is -0.529. The third kappa shape index (κ3) is 4.10. The molecular weight excluding hydrogens is 380 g/mol. The lowest BCUT2D eigenvalue weighted by atomic mass is 10.1. The van der Waals surface area contributed by atoms with Crippen LogP contribution in [0.15, 0.2) is 82.4 Å². The highest BCUT2D eigenvalue weighted by Gasteiger charge is 2.13. The lowest BCUT2D eigenvalue weighted by Gasteiger charge is -2.08. The Labute approximate surface area is 171 Å². The Morgan fingerprint density at radius 2 is 1.63 bits per heavy atom. The van der Waals surface area contributed by atoms with Crippen LogP contribution >= 0.6 is 0 Å². The molecular formula is C23H18N4O3. The standard InChI is InChI=1S/C23H18N4O3/c1-14-12-20(28)27-21(24-14)16-8-5-9-17(13-16)25-22(29)18-10-11-19(26-23(18)30)15-6-3-2-4-7-15/h2-13H,1H3,(H,25,29)(H,26,30)(H,24,27,28). The molecule has 0 atom stereocenters. The van der Waals surface area contributed by atoms with Crippen LogP contribution in [0.5, 0.6) is 0 Å². The fourth-order valence-electron chi connectivity index (χ4n) is 3.10. The Bertz CT molecular complexity index is 1340. The number of nitrogens with zero attached hydrogens (tertiary/aromatic N) is 1. The van der Waals surface area contributed by atoms with Gasteiger partial charge in [0.1, 0.15) is 11.4 Å². The Morgan fingerprint density at radius 3 is 2.37 bits per heavy atom. The predicted octanol–water partition coefficient (Wildman–Crippen LogP) is 3.35. The van der Waals surface area contributed by atoms with E-state index < -0.39 is 11.5 Å². The van der Waals surface area contributed by atoms with Crippen LogP contribution in [-0.4, -0.2) is 20.9 Å². The van der Waals surface area contributed by atoms with Gasteiger partial charge in [-0.25, -0.2) is 4.98 Å². The van der Waals surface area contributed by atoms with Crippen LogP contribution in [0.1, 0.15) is 16.1 Å². The molecule has 0 unspecified atom stereocenters. The molecule has 0 aliphatic carbocycles. The summed E-state index contributed by atoms with van der Waals surface area (Å²) in [6.45, 7) is 1.73. The van der Waals surface area contributed by atoms with E-state index in [0.717, 1.165) is 5.56 Å². The van der Waals surface area contributed by atoms with Crippen molar-refractivity contribution in [3.8, 4) is 22.6 Å². The monoisotopic (exact) mass is 398 g/mol. The molecule has 0 aliphatic heterocycles. The van der Waals surface area contributed by atoms with Gasteiger partial charge in [0, 0.05) is 28.7 Å². The second-order valence-corrected chi connectivity index (χ2v) is 6.75. The zero-order valence-corrected chi connectivity index (χ0v) is 16.1. The lowest BCUT2D eigenvalue weighted by molar-refractivity contribution is 0.102. The van der Waals surface area contributed by atoms with Gasteiger partial charge in [-0.05, 0) is 36.8 Å². The van der Waals surface area contributed by atoms with Crippen molar-refractivity contribution in [1.82, 2.24) is 15.0 Å². The van der Waals surface area contributed by atoms with Gasteiger partial charge in [-0.3, -0.25) is 14.4 Å². The second-order valence-electron chi connectivity index (χ2n) is 6.75. The molecule has 0 fully saturated rings. The van der Waals surface area contributed by atoms with Crippen LogP contribution < -0.4 is 16.4 Å². The minimum Gasteiger partial charge on any atom is -0.322 e. The zero-order valence-electron chi connectivity index (χ0n) is 16.1. The number of anilines is 1. The number of aromatic amines is 2. The van der Waals surface area contributed by atoms with Gasteiger partial charge >= 0.3 is 0 Å². The molecule has 7 heteroatoms. The summed E-state index contributed by atoms with van der Waals surface area (Å²) in [6.07, 6.45) is 0. The van der Waals surface area contributed by atoms with Crippen LogP contribution in [0.2, 0.25) is 0 Å². The number of hydrogen-bond acceptors (Lipinski definition) is 4. The second kappa shape index (κ2) is 8.00. The summed E-state index contributed by atoms with van der Waals surface area (Å²) in [5, 5.41) is 2.72. The third-order valence-corrected chi connectivity index (χ3v) is 4.50. The van der Waals surface area contributed by atoms with Crippen molar-refractivity contribution in [3.05, 3.63) is 105 Å². The van der Waals surface area contributed by atoms with Crippen LogP contribution in [0.25, 0.3) is 22.6 Å². The molecule has 7 nitrogen and oxygen atoms in total. The van der Waals surface area contributed by atoms with Crippen LogP contribution in [0.4, 0.5) is 5.69 Å². The number of carbonyl (C=O) groups is 1. The predicted molar refractivity (Wildman–Crippen MR) is 115 cm³/mol.